The standard InChI is InChI=1S/C10H14F2N2O2/c1-3-5-14-6-7(10(15)16-4-2)8(13-14)9(11)12/h6,9H,3-5H2,1-2H3. The number of nitrogens with zero attached hydrogens (tertiary/aromatic N) is 2. The van der Waals surface area contributed by atoms with Crippen LogP contribution in [0.2, 0.25) is 0 Å². The summed E-state index contributed by atoms with van der Waals surface area (Å²) in [5.41, 5.74) is -0.655. The summed E-state index contributed by atoms with van der Waals surface area (Å²) in [5.74, 6) is -0.750. The topological polar surface area (TPSA) is 44.1 Å². The quantitative estimate of drug-likeness (QED) is 0.732. The molecule has 0 bridgehead atoms. The molecule has 1 heterocycles. The fourth-order valence-electron chi connectivity index (χ4n) is 1.31. The van der Waals surface area contributed by atoms with Crippen molar-refractivity contribution in [2.45, 2.75) is 33.2 Å². The Labute approximate surface area is 92.2 Å². The van der Waals surface area contributed by atoms with E-state index in [2.05, 4.69) is 9.84 Å². The van der Waals surface area contributed by atoms with Gasteiger partial charge in [-0.05, 0) is 13.3 Å². The van der Waals surface area contributed by atoms with Crippen LogP contribution in [0.5, 0.6) is 0 Å². The van der Waals surface area contributed by atoms with Gasteiger partial charge in [-0.2, -0.15) is 5.10 Å². The van der Waals surface area contributed by atoms with E-state index in [1.165, 1.54) is 10.9 Å². The number of carbonyl (C=O) groups is 1. The normalized spacial score (nSPS) is 10.8. The minimum atomic E-state index is -2.77. The van der Waals surface area contributed by atoms with Gasteiger partial charge in [0.15, 0.2) is 0 Å². The lowest BCUT2D eigenvalue weighted by atomic mass is 10.2. The molecule has 0 aliphatic carbocycles. The number of rotatable bonds is 5. The molecule has 0 unspecified atom stereocenters. The van der Waals surface area contributed by atoms with E-state index < -0.39 is 18.1 Å². The van der Waals surface area contributed by atoms with Crippen LogP contribution in [0.25, 0.3) is 0 Å². The zero-order valence-corrected chi connectivity index (χ0v) is 9.24. The highest BCUT2D eigenvalue weighted by atomic mass is 19.3. The van der Waals surface area contributed by atoms with E-state index in [9.17, 15) is 13.6 Å². The predicted octanol–water partition coefficient (Wildman–Crippen LogP) is 2.41. The SMILES string of the molecule is CCCn1cc(C(=O)OCC)c(C(F)F)n1. The largest absolute Gasteiger partial charge is 0.462 e. The number of esters is 1. The number of alkyl halides is 2. The summed E-state index contributed by atoms with van der Waals surface area (Å²) in [7, 11) is 0. The Morgan fingerprint density at radius 1 is 1.56 bits per heavy atom. The Morgan fingerprint density at radius 3 is 2.75 bits per heavy atom. The van der Waals surface area contributed by atoms with Crippen LogP contribution in [0, 0.1) is 0 Å². The Hall–Kier alpha value is -1.46. The summed E-state index contributed by atoms with van der Waals surface area (Å²) in [6.07, 6.45) is -0.701. The van der Waals surface area contributed by atoms with Gasteiger partial charge in [0.2, 0.25) is 0 Å². The highest BCUT2D eigenvalue weighted by Gasteiger charge is 2.23. The van der Waals surface area contributed by atoms with Gasteiger partial charge in [-0.3, -0.25) is 4.68 Å². The molecule has 0 amide bonds. The fourth-order valence-corrected chi connectivity index (χ4v) is 1.31. The first-order valence-electron chi connectivity index (χ1n) is 5.12. The third kappa shape index (κ3) is 2.77. The third-order valence-corrected chi connectivity index (χ3v) is 1.95. The van der Waals surface area contributed by atoms with Crippen molar-refractivity contribution in [1.82, 2.24) is 9.78 Å². The van der Waals surface area contributed by atoms with E-state index in [-0.39, 0.29) is 12.2 Å². The smallest absolute Gasteiger partial charge is 0.341 e. The first-order valence-corrected chi connectivity index (χ1v) is 5.12. The molecule has 0 fully saturated rings. The molecule has 90 valence electrons. The van der Waals surface area contributed by atoms with Crippen LogP contribution in [0.3, 0.4) is 0 Å². The van der Waals surface area contributed by atoms with E-state index in [4.69, 9.17) is 0 Å². The van der Waals surface area contributed by atoms with Gasteiger partial charge in [-0.25, -0.2) is 13.6 Å². The fraction of sp³-hybridized carbons (Fsp3) is 0.600. The molecule has 0 aliphatic heterocycles. The predicted molar refractivity (Wildman–Crippen MR) is 53.4 cm³/mol. The number of aromatic nitrogens is 2. The average Bonchev–Trinajstić information content (AvgIpc) is 2.63. The molecule has 0 N–H and O–H groups in total. The van der Waals surface area contributed by atoms with Crippen LogP contribution in [0.15, 0.2) is 6.20 Å². The Bertz CT molecular complexity index is 364. The average molecular weight is 232 g/mol. The molecule has 4 nitrogen and oxygen atoms in total. The molecule has 1 aromatic rings. The second-order valence-corrected chi connectivity index (χ2v) is 3.21. The van der Waals surface area contributed by atoms with Crippen molar-refractivity contribution < 1.29 is 18.3 Å². The van der Waals surface area contributed by atoms with Gasteiger partial charge >= 0.3 is 5.97 Å². The van der Waals surface area contributed by atoms with E-state index in [1.54, 1.807) is 6.92 Å². The van der Waals surface area contributed by atoms with Gasteiger partial charge in [0.25, 0.3) is 6.43 Å². The highest BCUT2D eigenvalue weighted by molar-refractivity contribution is 5.90. The minimum absolute atomic E-state index is 0.148. The molecule has 0 saturated heterocycles. The molecule has 0 aliphatic rings. The number of hydrogen-bond donors (Lipinski definition) is 0. The Kier molecular flexibility index (Phi) is 4.39. The summed E-state index contributed by atoms with van der Waals surface area (Å²) < 4.78 is 31.2. The van der Waals surface area contributed by atoms with E-state index >= 15 is 0 Å². The van der Waals surface area contributed by atoms with Gasteiger partial charge in [-0.15, -0.1) is 0 Å². The van der Waals surface area contributed by atoms with Crippen LogP contribution in [-0.2, 0) is 11.3 Å². The lowest BCUT2D eigenvalue weighted by Gasteiger charge is -2.00. The number of aryl methyl sites for hydroxylation is 1. The number of hydrogen-bond acceptors (Lipinski definition) is 3. The maximum Gasteiger partial charge on any atom is 0.341 e. The van der Waals surface area contributed by atoms with Gasteiger partial charge in [0.1, 0.15) is 11.3 Å². The van der Waals surface area contributed by atoms with E-state index in [0.29, 0.717) is 6.54 Å². The molecule has 0 atom stereocenters. The summed E-state index contributed by atoms with van der Waals surface area (Å²) in [5, 5.41) is 3.67. The molecule has 0 spiro atoms. The van der Waals surface area contributed by atoms with Crippen LogP contribution in [-0.4, -0.2) is 22.4 Å². The second-order valence-electron chi connectivity index (χ2n) is 3.21. The summed E-state index contributed by atoms with van der Waals surface area (Å²) in [4.78, 5) is 11.4. The van der Waals surface area contributed by atoms with Crippen LogP contribution in [0.4, 0.5) is 8.78 Å². The highest BCUT2D eigenvalue weighted by Crippen LogP contribution is 2.22. The van der Waals surface area contributed by atoms with Crippen molar-refractivity contribution in [1.29, 1.82) is 0 Å². The van der Waals surface area contributed by atoms with Crippen molar-refractivity contribution in [3.8, 4) is 0 Å². The van der Waals surface area contributed by atoms with Crippen molar-refractivity contribution in [3.63, 3.8) is 0 Å². The molecule has 0 saturated carbocycles. The number of halogens is 2. The lowest BCUT2D eigenvalue weighted by Crippen LogP contribution is -2.06. The monoisotopic (exact) mass is 232 g/mol. The van der Waals surface area contributed by atoms with Gasteiger partial charge in [0.05, 0.1) is 6.61 Å². The van der Waals surface area contributed by atoms with E-state index in [0.717, 1.165) is 6.42 Å². The molecule has 16 heavy (non-hydrogen) atoms. The Morgan fingerprint density at radius 2 is 2.25 bits per heavy atom. The van der Waals surface area contributed by atoms with Gasteiger partial charge in [-0.1, -0.05) is 6.92 Å². The van der Waals surface area contributed by atoms with Gasteiger partial charge < -0.3 is 4.74 Å². The molecule has 1 aromatic heterocycles. The first kappa shape index (κ1) is 12.6. The van der Waals surface area contributed by atoms with E-state index in [1.807, 2.05) is 6.92 Å². The lowest BCUT2D eigenvalue weighted by molar-refractivity contribution is 0.0515. The molecule has 6 heteroatoms. The summed E-state index contributed by atoms with van der Waals surface area (Å²) in [6, 6.07) is 0. The summed E-state index contributed by atoms with van der Waals surface area (Å²) >= 11 is 0. The molecule has 1 rings (SSSR count). The van der Waals surface area contributed by atoms with Gasteiger partial charge in [0, 0.05) is 12.7 Å². The van der Waals surface area contributed by atoms with Crippen LogP contribution < -0.4 is 0 Å². The van der Waals surface area contributed by atoms with Crippen molar-refractivity contribution in [3.05, 3.63) is 17.5 Å². The Balaban J connectivity index is 2.99. The second kappa shape index (κ2) is 5.58. The minimum Gasteiger partial charge on any atom is -0.462 e. The molecular weight excluding hydrogens is 218 g/mol. The van der Waals surface area contributed by atoms with Crippen molar-refractivity contribution in [2.75, 3.05) is 6.61 Å². The molecular formula is C10H14F2N2O2. The van der Waals surface area contributed by atoms with Crippen molar-refractivity contribution in [2.24, 2.45) is 0 Å². The number of ether oxygens (including phenoxy) is 1. The first-order chi connectivity index (χ1) is 7.60. The zero-order chi connectivity index (χ0) is 12.1. The zero-order valence-electron chi connectivity index (χ0n) is 9.24. The number of carbonyl (C=O) groups excluding carboxylic acids is 1. The maximum atomic E-state index is 12.6. The van der Waals surface area contributed by atoms with Crippen LogP contribution in [0.1, 0.15) is 42.7 Å². The molecule has 0 radical (unpaired) electrons. The van der Waals surface area contributed by atoms with Crippen molar-refractivity contribution >= 4 is 5.97 Å². The maximum absolute atomic E-state index is 12.6. The summed E-state index contributed by atoms with van der Waals surface area (Å²) in [6.45, 7) is 4.17. The molecule has 0 aromatic carbocycles. The van der Waals surface area contributed by atoms with Crippen LogP contribution >= 0.6 is 0 Å². The third-order valence-electron chi connectivity index (χ3n) is 1.95.